The average molecular weight is 228 g/mol. The second-order valence-corrected chi connectivity index (χ2v) is 5.22. The van der Waals surface area contributed by atoms with E-state index in [0.717, 1.165) is 5.92 Å². The van der Waals surface area contributed by atoms with Gasteiger partial charge in [0.1, 0.15) is 0 Å². The molecule has 0 aromatic rings. The monoisotopic (exact) mass is 228 g/mol. The molecule has 3 nitrogen and oxygen atoms in total. The maximum Gasteiger partial charge on any atom is 0.0556 e. The van der Waals surface area contributed by atoms with Crippen molar-refractivity contribution in [2.45, 2.75) is 57.4 Å². The quantitative estimate of drug-likeness (QED) is 0.606. The van der Waals surface area contributed by atoms with Crippen LogP contribution in [0.2, 0.25) is 0 Å². The van der Waals surface area contributed by atoms with Gasteiger partial charge < -0.3 is 16.2 Å². The predicted molar refractivity (Wildman–Crippen MR) is 68.4 cm³/mol. The molecule has 0 heterocycles. The lowest BCUT2D eigenvalue weighted by Crippen LogP contribution is -2.51. The smallest absolute Gasteiger partial charge is 0.0556 e. The zero-order valence-corrected chi connectivity index (χ0v) is 10.7. The molecule has 1 fully saturated rings. The van der Waals surface area contributed by atoms with Gasteiger partial charge in [-0.3, -0.25) is 0 Å². The van der Waals surface area contributed by atoms with Crippen LogP contribution in [0.4, 0.5) is 0 Å². The second-order valence-electron chi connectivity index (χ2n) is 5.22. The number of aliphatic hydroxyl groups is 1. The fourth-order valence-corrected chi connectivity index (χ4v) is 2.95. The number of hydrogen-bond acceptors (Lipinski definition) is 3. The standard InChI is InChI=1S/C13H28N2O/c1-2-4-12-5-3-7-13(11-14,8-6-12)15-9-10-16/h12,15-16H,2-11,14H2,1H3. The maximum absolute atomic E-state index is 8.91. The van der Waals surface area contributed by atoms with Gasteiger partial charge in [-0.15, -0.1) is 0 Å². The minimum absolute atomic E-state index is 0.102. The number of β-amino-alcohol motifs (C(OH)–C–C–N with tert-alkyl or cyclic N) is 1. The fourth-order valence-electron chi connectivity index (χ4n) is 2.95. The molecule has 2 atom stereocenters. The van der Waals surface area contributed by atoms with Crippen LogP contribution in [0, 0.1) is 5.92 Å². The number of nitrogens with two attached hydrogens (primary N) is 1. The van der Waals surface area contributed by atoms with E-state index >= 15 is 0 Å². The van der Waals surface area contributed by atoms with Gasteiger partial charge in [0.25, 0.3) is 0 Å². The van der Waals surface area contributed by atoms with E-state index in [-0.39, 0.29) is 12.1 Å². The highest BCUT2D eigenvalue weighted by molar-refractivity contribution is 4.91. The Labute approximate surface area is 99.8 Å². The molecule has 0 aliphatic heterocycles. The van der Waals surface area contributed by atoms with Crippen LogP contribution in [0.25, 0.3) is 0 Å². The molecular formula is C13H28N2O. The highest BCUT2D eigenvalue weighted by Crippen LogP contribution is 2.32. The van der Waals surface area contributed by atoms with Crippen LogP contribution in [0.15, 0.2) is 0 Å². The van der Waals surface area contributed by atoms with Gasteiger partial charge in [0.15, 0.2) is 0 Å². The van der Waals surface area contributed by atoms with E-state index in [9.17, 15) is 0 Å². The van der Waals surface area contributed by atoms with Crippen molar-refractivity contribution < 1.29 is 5.11 Å². The van der Waals surface area contributed by atoms with Gasteiger partial charge in [0.2, 0.25) is 0 Å². The minimum Gasteiger partial charge on any atom is -0.395 e. The SMILES string of the molecule is CCCC1CCCC(CN)(NCCO)CC1. The van der Waals surface area contributed by atoms with Gasteiger partial charge in [0, 0.05) is 18.6 Å². The maximum atomic E-state index is 8.91. The molecule has 2 unspecified atom stereocenters. The first-order chi connectivity index (χ1) is 7.76. The molecule has 16 heavy (non-hydrogen) atoms. The molecule has 0 aromatic heterocycles. The zero-order chi connectivity index (χ0) is 11.9. The van der Waals surface area contributed by atoms with Crippen molar-refractivity contribution in [1.82, 2.24) is 5.32 Å². The molecule has 4 N–H and O–H groups in total. The Morgan fingerprint density at radius 1 is 1.38 bits per heavy atom. The summed E-state index contributed by atoms with van der Waals surface area (Å²) in [4.78, 5) is 0. The first-order valence-electron chi connectivity index (χ1n) is 6.82. The van der Waals surface area contributed by atoms with E-state index in [2.05, 4.69) is 12.2 Å². The van der Waals surface area contributed by atoms with E-state index in [1.165, 1.54) is 44.9 Å². The molecule has 3 heteroatoms. The first-order valence-corrected chi connectivity index (χ1v) is 6.82. The predicted octanol–water partition coefficient (Wildman–Crippen LogP) is 1.65. The normalized spacial score (nSPS) is 31.3. The molecule has 1 rings (SSSR count). The third-order valence-electron chi connectivity index (χ3n) is 4.00. The summed E-state index contributed by atoms with van der Waals surface area (Å²) in [5.74, 6) is 0.898. The Morgan fingerprint density at radius 3 is 2.81 bits per heavy atom. The van der Waals surface area contributed by atoms with Crippen molar-refractivity contribution in [2.24, 2.45) is 11.7 Å². The van der Waals surface area contributed by atoms with Gasteiger partial charge in [-0.1, -0.05) is 32.6 Å². The molecular weight excluding hydrogens is 200 g/mol. The average Bonchev–Trinajstić information content (AvgIpc) is 2.51. The van der Waals surface area contributed by atoms with Gasteiger partial charge in [-0.2, -0.15) is 0 Å². The summed E-state index contributed by atoms with van der Waals surface area (Å²) >= 11 is 0. The summed E-state index contributed by atoms with van der Waals surface area (Å²) in [6.45, 7) is 3.85. The molecule has 1 aliphatic carbocycles. The summed E-state index contributed by atoms with van der Waals surface area (Å²) < 4.78 is 0. The number of aliphatic hydroxyl groups excluding tert-OH is 1. The van der Waals surface area contributed by atoms with E-state index in [1.807, 2.05) is 0 Å². The molecule has 0 amide bonds. The van der Waals surface area contributed by atoms with Crippen molar-refractivity contribution in [2.75, 3.05) is 19.7 Å². The van der Waals surface area contributed by atoms with Crippen LogP contribution >= 0.6 is 0 Å². The minimum atomic E-state index is 0.102. The Balaban J connectivity index is 2.46. The van der Waals surface area contributed by atoms with E-state index < -0.39 is 0 Å². The third kappa shape index (κ3) is 4.04. The van der Waals surface area contributed by atoms with Crippen LogP contribution in [-0.2, 0) is 0 Å². The molecule has 0 spiro atoms. The Hall–Kier alpha value is -0.120. The van der Waals surface area contributed by atoms with Crippen LogP contribution in [0.1, 0.15) is 51.9 Å². The molecule has 96 valence electrons. The molecule has 1 saturated carbocycles. The van der Waals surface area contributed by atoms with Crippen LogP contribution in [0.3, 0.4) is 0 Å². The van der Waals surface area contributed by atoms with E-state index in [0.29, 0.717) is 13.1 Å². The Kier molecular flexibility index (Phi) is 6.32. The molecule has 0 aromatic carbocycles. The molecule has 0 saturated heterocycles. The van der Waals surface area contributed by atoms with Crippen LogP contribution < -0.4 is 11.1 Å². The highest BCUT2D eigenvalue weighted by Gasteiger charge is 2.30. The largest absolute Gasteiger partial charge is 0.395 e. The van der Waals surface area contributed by atoms with Gasteiger partial charge >= 0.3 is 0 Å². The lowest BCUT2D eigenvalue weighted by atomic mass is 9.89. The van der Waals surface area contributed by atoms with Crippen molar-refractivity contribution in [3.8, 4) is 0 Å². The van der Waals surface area contributed by atoms with E-state index in [4.69, 9.17) is 10.8 Å². The summed E-state index contributed by atoms with van der Waals surface area (Å²) in [5.41, 5.74) is 6.03. The lowest BCUT2D eigenvalue weighted by molar-refractivity contribution is 0.235. The fraction of sp³-hybridized carbons (Fsp3) is 1.00. The number of nitrogens with one attached hydrogen (secondary N) is 1. The van der Waals surface area contributed by atoms with Gasteiger partial charge in [-0.25, -0.2) is 0 Å². The van der Waals surface area contributed by atoms with E-state index in [1.54, 1.807) is 0 Å². The number of hydrogen-bond donors (Lipinski definition) is 3. The number of rotatable bonds is 6. The molecule has 1 aliphatic rings. The lowest BCUT2D eigenvalue weighted by Gasteiger charge is -2.32. The van der Waals surface area contributed by atoms with Gasteiger partial charge in [-0.05, 0) is 25.2 Å². The summed E-state index contributed by atoms with van der Waals surface area (Å²) in [6.07, 6.45) is 8.93. The van der Waals surface area contributed by atoms with Crippen molar-refractivity contribution in [1.29, 1.82) is 0 Å². The Bertz CT molecular complexity index is 187. The molecule has 0 bridgehead atoms. The summed E-state index contributed by atoms with van der Waals surface area (Å²) in [7, 11) is 0. The summed E-state index contributed by atoms with van der Waals surface area (Å²) in [6, 6.07) is 0. The topological polar surface area (TPSA) is 58.3 Å². The molecule has 0 radical (unpaired) electrons. The van der Waals surface area contributed by atoms with Crippen molar-refractivity contribution >= 4 is 0 Å². The third-order valence-corrected chi connectivity index (χ3v) is 4.00. The highest BCUT2D eigenvalue weighted by atomic mass is 16.3. The van der Waals surface area contributed by atoms with Crippen molar-refractivity contribution in [3.05, 3.63) is 0 Å². The van der Waals surface area contributed by atoms with Crippen LogP contribution in [-0.4, -0.2) is 30.3 Å². The second kappa shape index (κ2) is 7.25. The van der Waals surface area contributed by atoms with Crippen molar-refractivity contribution in [3.63, 3.8) is 0 Å². The first kappa shape index (κ1) is 13.9. The zero-order valence-electron chi connectivity index (χ0n) is 10.7. The summed E-state index contributed by atoms with van der Waals surface area (Å²) in [5, 5.41) is 12.4. The van der Waals surface area contributed by atoms with Gasteiger partial charge in [0.05, 0.1) is 6.61 Å². The van der Waals surface area contributed by atoms with Crippen LogP contribution in [0.5, 0.6) is 0 Å². The Morgan fingerprint density at radius 2 is 2.19 bits per heavy atom.